The molecule has 12 heteroatoms. The lowest BCUT2D eigenvalue weighted by molar-refractivity contribution is 0.0165. The van der Waals surface area contributed by atoms with Crippen molar-refractivity contribution in [2.75, 3.05) is 30.3 Å². The summed E-state index contributed by atoms with van der Waals surface area (Å²) in [7, 11) is 0. The second-order valence-electron chi connectivity index (χ2n) is 11.8. The largest absolute Gasteiger partial charge is 0.504 e. The molecule has 1 saturated heterocycles. The molecule has 3 amide bonds. The number of piperidine rings is 1. The number of rotatable bonds is 7. The van der Waals surface area contributed by atoms with Crippen molar-refractivity contribution in [1.29, 1.82) is 0 Å². The molecule has 0 saturated carbocycles. The SMILES string of the molecule is [C-]#[N+]c1cc2c(Oc3ccc(NC(=O)Nc4ccc(F)cc4)c(F)c3)ccnc2cc1OCC1CCN(C(=O)OC(C)(C)C)CC1. The Kier molecular flexibility index (Phi) is 9.51. The van der Waals surface area contributed by atoms with Crippen molar-refractivity contribution in [1.82, 2.24) is 9.88 Å². The molecule has 46 heavy (non-hydrogen) atoms. The van der Waals surface area contributed by atoms with Crippen molar-refractivity contribution in [3.05, 3.63) is 89.9 Å². The highest BCUT2D eigenvalue weighted by molar-refractivity contribution is 5.99. The van der Waals surface area contributed by atoms with Gasteiger partial charge in [0.1, 0.15) is 34.5 Å². The Morgan fingerprint density at radius 2 is 1.74 bits per heavy atom. The second kappa shape index (κ2) is 13.7. The number of likely N-dealkylation sites (tertiary alicyclic amines) is 1. The van der Waals surface area contributed by atoms with Crippen molar-refractivity contribution in [3.63, 3.8) is 0 Å². The van der Waals surface area contributed by atoms with Gasteiger partial charge in [-0.05, 0) is 94.1 Å². The van der Waals surface area contributed by atoms with Crippen molar-refractivity contribution in [3.8, 4) is 17.2 Å². The van der Waals surface area contributed by atoms with Crippen LogP contribution < -0.4 is 20.1 Å². The molecule has 0 spiro atoms. The van der Waals surface area contributed by atoms with E-state index in [1.807, 2.05) is 20.8 Å². The normalized spacial score (nSPS) is 13.5. The fraction of sp³-hybridized carbons (Fsp3) is 0.294. The molecule has 1 fully saturated rings. The zero-order valence-corrected chi connectivity index (χ0v) is 25.6. The van der Waals surface area contributed by atoms with Crippen molar-refractivity contribution in [2.45, 2.75) is 39.2 Å². The van der Waals surface area contributed by atoms with Gasteiger partial charge < -0.3 is 29.7 Å². The number of fused-ring (bicyclic) bond motifs is 1. The van der Waals surface area contributed by atoms with Crippen LogP contribution in [0.15, 0.2) is 66.9 Å². The lowest BCUT2D eigenvalue weighted by Gasteiger charge is -2.33. The lowest BCUT2D eigenvalue weighted by Crippen LogP contribution is -2.42. The number of nitrogens with one attached hydrogen (secondary N) is 2. The maximum atomic E-state index is 14.9. The minimum absolute atomic E-state index is 0.0841. The molecule has 5 rings (SSSR count). The topological polar surface area (TPSA) is 106 Å². The zero-order valence-electron chi connectivity index (χ0n) is 25.6. The average Bonchev–Trinajstić information content (AvgIpc) is 3.01. The molecule has 0 radical (unpaired) electrons. The third-order valence-corrected chi connectivity index (χ3v) is 7.16. The second-order valence-corrected chi connectivity index (χ2v) is 11.8. The van der Waals surface area contributed by atoms with E-state index in [9.17, 15) is 18.4 Å². The molecule has 2 N–H and O–H groups in total. The minimum atomic E-state index is -0.737. The Bertz CT molecular complexity index is 1780. The summed E-state index contributed by atoms with van der Waals surface area (Å²) in [5.74, 6) is -0.0697. The first-order chi connectivity index (χ1) is 22.0. The van der Waals surface area contributed by atoms with Crippen LogP contribution in [0.1, 0.15) is 33.6 Å². The van der Waals surface area contributed by atoms with Crippen LogP contribution in [0.5, 0.6) is 17.2 Å². The number of hydrogen-bond acceptors (Lipinski definition) is 6. The van der Waals surface area contributed by atoms with Crippen LogP contribution in [0, 0.1) is 24.1 Å². The smallest absolute Gasteiger partial charge is 0.410 e. The van der Waals surface area contributed by atoms with E-state index in [2.05, 4.69) is 20.5 Å². The summed E-state index contributed by atoms with van der Waals surface area (Å²) < 4.78 is 45.5. The summed E-state index contributed by atoms with van der Waals surface area (Å²) in [6, 6.07) is 13.3. The highest BCUT2D eigenvalue weighted by Gasteiger charge is 2.27. The standard InChI is InChI=1S/C34H33F2N5O5/c1-34(2,3)46-33(43)41-15-12-21(13-16-41)20-44-31-19-28-25(18-29(31)37-4)30(11-14-38-28)45-24-9-10-27(26(36)17-24)40-32(42)39-23-7-5-22(35)6-8-23/h5-11,14,17-19,21H,12-13,15-16,20H2,1-3H3,(H2,39,40,42). The van der Waals surface area contributed by atoms with E-state index in [4.69, 9.17) is 20.8 Å². The predicted molar refractivity (Wildman–Crippen MR) is 170 cm³/mol. The Morgan fingerprint density at radius 1 is 1.00 bits per heavy atom. The number of carbonyl (C=O) groups is 2. The molecule has 238 valence electrons. The van der Waals surface area contributed by atoms with Gasteiger partial charge in [-0.15, -0.1) is 0 Å². The van der Waals surface area contributed by atoms with E-state index < -0.39 is 23.3 Å². The molecular formula is C34H33F2N5O5. The van der Waals surface area contributed by atoms with Crippen LogP contribution in [0.4, 0.5) is 35.4 Å². The van der Waals surface area contributed by atoms with Crippen LogP contribution in [0.25, 0.3) is 15.7 Å². The van der Waals surface area contributed by atoms with Crippen molar-refractivity contribution < 1.29 is 32.6 Å². The van der Waals surface area contributed by atoms with E-state index in [0.717, 1.165) is 18.9 Å². The number of ether oxygens (including phenoxy) is 3. The number of amides is 3. The number of urea groups is 1. The first-order valence-corrected chi connectivity index (χ1v) is 14.7. The average molecular weight is 630 g/mol. The fourth-order valence-corrected chi connectivity index (χ4v) is 4.85. The Morgan fingerprint density at radius 3 is 2.41 bits per heavy atom. The summed E-state index contributed by atoms with van der Waals surface area (Å²) in [5, 5.41) is 5.45. The van der Waals surface area contributed by atoms with Gasteiger partial charge in [0.25, 0.3) is 0 Å². The summed E-state index contributed by atoms with van der Waals surface area (Å²) in [6.45, 7) is 14.8. The third kappa shape index (κ3) is 8.18. The number of halogens is 2. The molecule has 1 aromatic heterocycles. The Labute approximate surface area is 265 Å². The Hall–Kier alpha value is -5.44. The number of hydrogen-bond donors (Lipinski definition) is 2. The first-order valence-electron chi connectivity index (χ1n) is 14.7. The first kappa shape index (κ1) is 32.0. The molecule has 1 aliphatic heterocycles. The van der Waals surface area contributed by atoms with E-state index in [1.54, 1.807) is 23.1 Å². The van der Waals surface area contributed by atoms with Gasteiger partial charge in [-0.2, -0.15) is 0 Å². The molecule has 0 aliphatic carbocycles. The molecule has 0 atom stereocenters. The minimum Gasteiger partial charge on any atom is -0.504 e. The number of carbonyl (C=O) groups excluding carboxylic acids is 2. The van der Waals surface area contributed by atoms with E-state index >= 15 is 0 Å². The monoisotopic (exact) mass is 629 g/mol. The summed E-state index contributed by atoms with van der Waals surface area (Å²) in [6.07, 6.45) is 2.72. The van der Waals surface area contributed by atoms with Crippen LogP contribution >= 0.6 is 0 Å². The van der Waals surface area contributed by atoms with Gasteiger partial charge in [0.15, 0.2) is 0 Å². The maximum absolute atomic E-state index is 14.9. The number of anilines is 2. The molecular weight excluding hydrogens is 596 g/mol. The highest BCUT2D eigenvalue weighted by Crippen LogP contribution is 2.38. The van der Waals surface area contributed by atoms with Gasteiger partial charge in [-0.25, -0.2) is 23.2 Å². The van der Waals surface area contributed by atoms with Gasteiger partial charge in [0.2, 0.25) is 5.69 Å². The molecule has 0 unspecified atom stereocenters. The molecule has 1 aliphatic rings. The van der Waals surface area contributed by atoms with Gasteiger partial charge in [-0.1, -0.05) is 0 Å². The van der Waals surface area contributed by atoms with Gasteiger partial charge in [0.05, 0.1) is 24.4 Å². The van der Waals surface area contributed by atoms with E-state index in [-0.39, 0.29) is 29.1 Å². The molecule has 2 heterocycles. The van der Waals surface area contributed by atoms with Crippen molar-refractivity contribution in [2.24, 2.45) is 5.92 Å². The van der Waals surface area contributed by atoms with Crippen LogP contribution in [-0.2, 0) is 4.74 Å². The van der Waals surface area contributed by atoms with Gasteiger partial charge in [0, 0.05) is 36.4 Å². The quantitative estimate of drug-likeness (QED) is 0.199. The number of nitrogens with zero attached hydrogens (tertiary/aromatic N) is 3. The third-order valence-electron chi connectivity index (χ3n) is 7.16. The molecule has 0 bridgehead atoms. The van der Waals surface area contributed by atoms with E-state index in [1.165, 1.54) is 42.6 Å². The molecule has 4 aromatic rings. The fourth-order valence-electron chi connectivity index (χ4n) is 4.85. The summed E-state index contributed by atoms with van der Waals surface area (Å²) >= 11 is 0. The van der Waals surface area contributed by atoms with Gasteiger partial charge >= 0.3 is 12.1 Å². The molecule has 3 aromatic carbocycles. The van der Waals surface area contributed by atoms with Crippen molar-refractivity contribution >= 4 is 40.1 Å². The number of pyridine rings is 1. The van der Waals surface area contributed by atoms with Crippen LogP contribution in [-0.4, -0.2) is 47.3 Å². The van der Waals surface area contributed by atoms with E-state index in [0.29, 0.717) is 47.8 Å². The predicted octanol–water partition coefficient (Wildman–Crippen LogP) is 8.53. The summed E-state index contributed by atoms with van der Waals surface area (Å²) in [5.41, 5.74) is 0.509. The molecule has 10 nitrogen and oxygen atoms in total. The Balaban J connectivity index is 1.22. The van der Waals surface area contributed by atoms with Crippen LogP contribution in [0.3, 0.4) is 0 Å². The summed E-state index contributed by atoms with van der Waals surface area (Å²) in [4.78, 5) is 34.4. The zero-order chi connectivity index (χ0) is 32.8. The lowest BCUT2D eigenvalue weighted by atomic mass is 9.98. The maximum Gasteiger partial charge on any atom is 0.410 e. The number of aromatic nitrogens is 1. The van der Waals surface area contributed by atoms with Crippen LogP contribution in [0.2, 0.25) is 0 Å². The van der Waals surface area contributed by atoms with Gasteiger partial charge in [-0.3, -0.25) is 4.98 Å². The highest BCUT2D eigenvalue weighted by atomic mass is 19.1. The number of benzene rings is 3.